The quantitative estimate of drug-likeness (QED) is 0.201. The summed E-state index contributed by atoms with van der Waals surface area (Å²) in [7, 11) is -5.05. The molecule has 0 fully saturated rings. The highest BCUT2D eigenvalue weighted by Crippen LogP contribution is 2.39. The van der Waals surface area contributed by atoms with Gasteiger partial charge in [0.1, 0.15) is 18.3 Å². The Morgan fingerprint density at radius 2 is 1.95 bits per heavy atom. The van der Waals surface area contributed by atoms with Crippen molar-refractivity contribution in [1.29, 1.82) is 0 Å². The number of allylic oxidation sites excluding steroid dienone is 1. The minimum atomic E-state index is -5.05. The zero-order valence-electron chi connectivity index (χ0n) is 9.99. The van der Waals surface area contributed by atoms with E-state index < -0.39 is 44.6 Å². The van der Waals surface area contributed by atoms with Gasteiger partial charge in [-0.1, -0.05) is 6.08 Å². The van der Waals surface area contributed by atoms with E-state index in [4.69, 9.17) is 20.6 Å². The molecule has 0 radical (unpaired) electrons. The second-order valence-electron chi connectivity index (χ2n) is 3.79. The molecule has 0 aromatic rings. The summed E-state index contributed by atoms with van der Waals surface area (Å²) in [6.45, 7) is 2.35. The fourth-order valence-electron chi connectivity index (χ4n) is 1.30. The molecule has 0 aromatic carbocycles. The first-order valence-electron chi connectivity index (χ1n) is 5.24. The summed E-state index contributed by atoms with van der Waals surface area (Å²) in [4.78, 5) is 28.7. The average Bonchev–Trinajstić information content (AvgIpc) is 2.32. The van der Waals surface area contributed by atoms with Crippen LogP contribution in [-0.4, -0.2) is 61.9 Å². The van der Waals surface area contributed by atoms with E-state index in [1.807, 2.05) is 0 Å². The van der Waals surface area contributed by atoms with E-state index >= 15 is 0 Å². The third kappa shape index (κ3) is 6.37. The van der Waals surface area contributed by atoms with Crippen LogP contribution < -0.4 is 5.73 Å². The van der Waals surface area contributed by atoms with Gasteiger partial charge in [-0.2, -0.15) is 0 Å². The summed E-state index contributed by atoms with van der Waals surface area (Å²) >= 11 is 0. The van der Waals surface area contributed by atoms with Gasteiger partial charge in [0.2, 0.25) is 0 Å². The number of nitrogens with two attached hydrogens (primary N) is 1. The normalized spacial score (nSPS) is 18.4. The van der Waals surface area contributed by atoms with E-state index in [1.54, 1.807) is 0 Å². The van der Waals surface area contributed by atoms with Crippen LogP contribution in [-0.2, 0) is 13.9 Å². The van der Waals surface area contributed by atoms with Gasteiger partial charge in [-0.3, -0.25) is 9.32 Å². The number of hydrogen-bond acceptors (Lipinski definition) is 7. The van der Waals surface area contributed by atoms with E-state index in [0.717, 1.165) is 0 Å². The number of phosphoric acid groups is 1. The van der Waals surface area contributed by atoms with Crippen LogP contribution in [0.4, 0.5) is 0 Å². The smallest absolute Gasteiger partial charge is 0.394 e. The molecular formula is C9H18NO8P. The van der Waals surface area contributed by atoms with Crippen LogP contribution in [0.1, 0.15) is 6.42 Å². The summed E-state index contributed by atoms with van der Waals surface area (Å²) in [5.74, 6) is -0.660. The van der Waals surface area contributed by atoms with Gasteiger partial charge in [0, 0.05) is 6.42 Å². The second-order valence-corrected chi connectivity index (χ2v) is 4.98. The minimum absolute atomic E-state index is 0.171. The fourth-order valence-corrected chi connectivity index (χ4v) is 1.88. The SMILES string of the molecule is C=CCC(=O)[C@H](N)[C@@H](O)[C@H](OP(=O)(O)O)[C@H](O)CO. The lowest BCUT2D eigenvalue weighted by atomic mass is 9.97. The largest absolute Gasteiger partial charge is 0.470 e. The molecule has 0 aromatic heterocycles. The summed E-state index contributed by atoms with van der Waals surface area (Å²) in [6, 6.07) is -1.55. The predicted molar refractivity (Wildman–Crippen MR) is 63.8 cm³/mol. The number of hydrogen-bond donors (Lipinski definition) is 6. The molecule has 112 valence electrons. The highest BCUT2D eigenvalue weighted by molar-refractivity contribution is 7.46. The standard InChI is InChI=1S/C9H18NO8P/c1-2-3-5(12)7(10)8(14)9(6(13)4-11)18-19(15,16)17/h2,6-9,11,13-14H,1,3-4,10H2,(H2,15,16,17)/t6-,7+,8-,9-/m1/s1. The van der Waals surface area contributed by atoms with Crippen LogP contribution in [0.15, 0.2) is 12.7 Å². The molecule has 0 aliphatic carbocycles. The van der Waals surface area contributed by atoms with Crippen LogP contribution >= 0.6 is 7.82 Å². The Morgan fingerprint density at radius 1 is 1.42 bits per heavy atom. The van der Waals surface area contributed by atoms with Crippen molar-refractivity contribution in [3.8, 4) is 0 Å². The van der Waals surface area contributed by atoms with Crippen molar-refractivity contribution in [2.24, 2.45) is 5.73 Å². The van der Waals surface area contributed by atoms with Gasteiger partial charge >= 0.3 is 7.82 Å². The molecule has 4 atom stereocenters. The number of aliphatic hydroxyl groups excluding tert-OH is 3. The predicted octanol–water partition coefficient (Wildman–Crippen LogP) is -2.35. The first-order valence-corrected chi connectivity index (χ1v) is 6.77. The van der Waals surface area contributed by atoms with Crippen molar-refractivity contribution < 1.29 is 39.0 Å². The third-order valence-electron chi connectivity index (χ3n) is 2.25. The molecule has 9 nitrogen and oxygen atoms in total. The first kappa shape index (κ1) is 18.4. The van der Waals surface area contributed by atoms with Gasteiger partial charge in [-0.05, 0) is 0 Å². The topological polar surface area (TPSA) is 171 Å². The maximum absolute atomic E-state index is 11.4. The lowest BCUT2D eigenvalue weighted by molar-refractivity contribution is -0.127. The molecule has 0 unspecified atom stereocenters. The number of carbonyl (C=O) groups excluding carboxylic acids is 1. The number of carbonyl (C=O) groups is 1. The molecule has 0 rings (SSSR count). The van der Waals surface area contributed by atoms with Gasteiger partial charge in [-0.25, -0.2) is 4.57 Å². The summed E-state index contributed by atoms with van der Waals surface area (Å²) < 4.78 is 14.9. The Morgan fingerprint density at radius 3 is 2.32 bits per heavy atom. The average molecular weight is 299 g/mol. The summed E-state index contributed by atoms with van der Waals surface area (Å²) in [5, 5.41) is 27.8. The van der Waals surface area contributed by atoms with E-state index in [-0.39, 0.29) is 6.42 Å². The van der Waals surface area contributed by atoms with Crippen LogP contribution in [0, 0.1) is 0 Å². The van der Waals surface area contributed by atoms with Crippen molar-refractivity contribution in [3.63, 3.8) is 0 Å². The maximum atomic E-state index is 11.4. The fraction of sp³-hybridized carbons (Fsp3) is 0.667. The molecule has 0 aliphatic heterocycles. The van der Waals surface area contributed by atoms with Crippen molar-refractivity contribution in [3.05, 3.63) is 12.7 Å². The van der Waals surface area contributed by atoms with Gasteiger partial charge in [0.25, 0.3) is 0 Å². The maximum Gasteiger partial charge on any atom is 0.470 e. The lowest BCUT2D eigenvalue weighted by Gasteiger charge is -2.29. The molecule has 7 N–H and O–H groups in total. The van der Waals surface area contributed by atoms with E-state index in [9.17, 15) is 19.6 Å². The molecule has 19 heavy (non-hydrogen) atoms. The molecule has 0 saturated carbocycles. The molecule has 0 bridgehead atoms. The highest BCUT2D eigenvalue weighted by atomic mass is 31.2. The molecule has 0 saturated heterocycles. The van der Waals surface area contributed by atoms with Gasteiger partial charge in [-0.15, -0.1) is 6.58 Å². The molecule has 0 aliphatic rings. The Balaban J connectivity index is 4.99. The monoisotopic (exact) mass is 299 g/mol. The summed E-state index contributed by atoms with van der Waals surface area (Å²) in [6.07, 6.45) is -4.56. The van der Waals surface area contributed by atoms with Crippen LogP contribution in [0.2, 0.25) is 0 Å². The van der Waals surface area contributed by atoms with Crippen molar-refractivity contribution in [2.75, 3.05) is 6.61 Å². The number of rotatable bonds is 9. The highest BCUT2D eigenvalue weighted by Gasteiger charge is 2.38. The van der Waals surface area contributed by atoms with E-state index in [2.05, 4.69) is 11.1 Å². The van der Waals surface area contributed by atoms with Crippen molar-refractivity contribution in [2.45, 2.75) is 30.8 Å². The Bertz CT molecular complexity index is 356. The Hall–Kier alpha value is -0.640. The summed E-state index contributed by atoms with van der Waals surface area (Å²) in [5.41, 5.74) is 5.39. The molecular weight excluding hydrogens is 281 g/mol. The first-order chi connectivity index (χ1) is 8.64. The molecule has 0 amide bonds. The number of aliphatic hydroxyl groups is 3. The van der Waals surface area contributed by atoms with Gasteiger partial charge in [0.15, 0.2) is 5.78 Å². The van der Waals surface area contributed by atoms with E-state index in [1.165, 1.54) is 6.08 Å². The molecule has 10 heteroatoms. The second kappa shape index (κ2) is 7.83. The van der Waals surface area contributed by atoms with Crippen LogP contribution in [0.5, 0.6) is 0 Å². The lowest BCUT2D eigenvalue weighted by Crippen LogP contribution is -2.53. The zero-order valence-corrected chi connectivity index (χ0v) is 10.9. The number of phosphoric ester groups is 1. The van der Waals surface area contributed by atoms with Crippen LogP contribution in [0.25, 0.3) is 0 Å². The Kier molecular flexibility index (Phi) is 7.57. The minimum Gasteiger partial charge on any atom is -0.394 e. The number of Topliss-reactive ketones (excluding diaryl/α,β-unsaturated/α-hetero) is 1. The van der Waals surface area contributed by atoms with Crippen LogP contribution in [0.3, 0.4) is 0 Å². The Labute approximate surface area is 109 Å². The van der Waals surface area contributed by atoms with Gasteiger partial charge in [0.05, 0.1) is 12.6 Å². The van der Waals surface area contributed by atoms with E-state index in [0.29, 0.717) is 0 Å². The van der Waals surface area contributed by atoms with Crippen molar-refractivity contribution >= 4 is 13.6 Å². The number of ketones is 1. The van der Waals surface area contributed by atoms with Crippen molar-refractivity contribution in [1.82, 2.24) is 0 Å². The van der Waals surface area contributed by atoms with Gasteiger partial charge < -0.3 is 30.8 Å². The zero-order chi connectivity index (χ0) is 15.2. The molecule has 0 spiro atoms. The molecule has 0 heterocycles. The third-order valence-corrected chi connectivity index (χ3v) is 2.77.